The molecule has 0 aliphatic carbocycles. The molecular weight excluding hydrogens is 316 g/mol. The maximum atomic E-state index is 12.8. The Hall–Kier alpha value is -2.18. The number of nitrogens with zero attached hydrogens (tertiary/aromatic N) is 4. The van der Waals surface area contributed by atoms with Gasteiger partial charge in [-0.3, -0.25) is 4.79 Å². The smallest absolute Gasteiger partial charge is 0.253 e. The molecule has 1 amide bonds. The summed E-state index contributed by atoms with van der Waals surface area (Å²) in [5.41, 5.74) is 1.89. The van der Waals surface area contributed by atoms with Gasteiger partial charge in [-0.25, -0.2) is 4.98 Å². The Labute approximate surface area is 148 Å². The van der Waals surface area contributed by atoms with Gasteiger partial charge in [0.15, 0.2) is 0 Å². The maximum absolute atomic E-state index is 12.8. The molecule has 1 N–H and O–H groups in total. The van der Waals surface area contributed by atoms with Crippen LogP contribution in [0.25, 0.3) is 0 Å². The molecule has 0 bridgehead atoms. The van der Waals surface area contributed by atoms with Crippen LogP contribution in [0.1, 0.15) is 34.8 Å². The summed E-state index contributed by atoms with van der Waals surface area (Å²) in [6.07, 6.45) is 6.16. The van der Waals surface area contributed by atoms with Gasteiger partial charge in [0.1, 0.15) is 0 Å². The van der Waals surface area contributed by atoms with Gasteiger partial charge in [-0.15, -0.1) is 0 Å². The number of likely N-dealkylation sites (tertiary alicyclic amines) is 1. The predicted molar refractivity (Wildman–Crippen MR) is 96.2 cm³/mol. The van der Waals surface area contributed by atoms with Gasteiger partial charge in [0, 0.05) is 37.6 Å². The number of benzene rings is 1. The highest BCUT2D eigenvalue weighted by Gasteiger charge is 2.28. The molecule has 0 spiro atoms. The lowest BCUT2D eigenvalue weighted by Gasteiger charge is -2.21. The summed E-state index contributed by atoms with van der Waals surface area (Å²) in [6.45, 7) is 2.07. The molecule has 0 unspecified atom stereocenters. The van der Waals surface area contributed by atoms with Gasteiger partial charge < -0.3 is 19.5 Å². The molecule has 6 heteroatoms. The van der Waals surface area contributed by atoms with Crippen LogP contribution in [0.4, 0.5) is 0 Å². The molecule has 1 aliphatic rings. The fourth-order valence-electron chi connectivity index (χ4n) is 3.39. The van der Waals surface area contributed by atoms with Crippen LogP contribution >= 0.6 is 0 Å². The zero-order valence-corrected chi connectivity index (χ0v) is 14.9. The van der Waals surface area contributed by atoms with Crippen molar-refractivity contribution in [1.82, 2.24) is 19.4 Å². The van der Waals surface area contributed by atoms with E-state index in [0.29, 0.717) is 25.1 Å². The Morgan fingerprint density at radius 3 is 2.60 bits per heavy atom. The summed E-state index contributed by atoms with van der Waals surface area (Å²) in [6, 6.07) is 7.79. The molecule has 1 aromatic carbocycles. The number of hydrogen-bond acceptors (Lipinski definition) is 4. The number of aliphatic hydroxyl groups is 1. The predicted octanol–water partition coefficient (Wildman–Crippen LogP) is 1.78. The number of amides is 1. The summed E-state index contributed by atoms with van der Waals surface area (Å²) >= 11 is 0. The molecule has 134 valence electrons. The maximum Gasteiger partial charge on any atom is 0.253 e. The van der Waals surface area contributed by atoms with Gasteiger partial charge >= 0.3 is 0 Å². The molecule has 1 fully saturated rings. The summed E-state index contributed by atoms with van der Waals surface area (Å²) < 4.78 is 1.94. The molecule has 25 heavy (non-hydrogen) atoms. The average Bonchev–Trinajstić information content (AvgIpc) is 3.04. The first-order valence-corrected chi connectivity index (χ1v) is 8.73. The third kappa shape index (κ3) is 4.27. The molecule has 2 atom stereocenters. The first kappa shape index (κ1) is 17.6. The number of aromatic nitrogens is 2. The summed E-state index contributed by atoms with van der Waals surface area (Å²) in [5, 5.41) is 10.4. The minimum absolute atomic E-state index is 0.0252. The van der Waals surface area contributed by atoms with Crippen LogP contribution in [-0.4, -0.2) is 63.7 Å². The van der Waals surface area contributed by atoms with Gasteiger partial charge in [0.25, 0.3) is 5.91 Å². The topological polar surface area (TPSA) is 61.6 Å². The monoisotopic (exact) mass is 342 g/mol. The van der Waals surface area contributed by atoms with Crippen molar-refractivity contribution in [3.05, 3.63) is 54.1 Å². The largest absolute Gasteiger partial charge is 0.391 e. The molecule has 1 saturated heterocycles. The number of hydrogen-bond donors (Lipinski definition) is 1. The third-order valence-corrected chi connectivity index (χ3v) is 4.73. The number of rotatable bonds is 4. The minimum Gasteiger partial charge on any atom is -0.391 e. The molecule has 3 rings (SSSR count). The zero-order valence-electron chi connectivity index (χ0n) is 14.9. The van der Waals surface area contributed by atoms with E-state index in [1.54, 1.807) is 12.5 Å². The van der Waals surface area contributed by atoms with Crippen molar-refractivity contribution < 1.29 is 9.90 Å². The fourth-order valence-corrected chi connectivity index (χ4v) is 3.39. The Morgan fingerprint density at radius 2 is 1.96 bits per heavy atom. The van der Waals surface area contributed by atoms with Gasteiger partial charge in [0.05, 0.1) is 18.5 Å². The standard InChI is InChI=1S/C19H26N4O2/c1-21(2)13-15-3-5-16(6-4-15)19(25)22-10-7-17(18(24)8-11-22)23-12-9-20-14-23/h3-6,9,12,14,17-18,24H,7-8,10-11,13H2,1-2H3/t17-,18-/m0/s1. The lowest BCUT2D eigenvalue weighted by atomic mass is 10.1. The molecule has 1 aliphatic heterocycles. The van der Waals surface area contributed by atoms with Crippen molar-refractivity contribution in [2.24, 2.45) is 0 Å². The average molecular weight is 342 g/mol. The second-order valence-corrected chi connectivity index (χ2v) is 6.95. The summed E-state index contributed by atoms with van der Waals surface area (Å²) in [5.74, 6) is 0.0369. The third-order valence-electron chi connectivity index (χ3n) is 4.73. The second kappa shape index (κ2) is 7.80. The van der Waals surface area contributed by atoms with Crippen LogP contribution in [0.2, 0.25) is 0 Å². The molecule has 0 saturated carbocycles. The number of aliphatic hydroxyl groups excluding tert-OH is 1. The van der Waals surface area contributed by atoms with E-state index >= 15 is 0 Å². The van der Waals surface area contributed by atoms with Crippen LogP contribution in [-0.2, 0) is 6.54 Å². The highest BCUT2D eigenvalue weighted by molar-refractivity contribution is 5.94. The molecule has 1 aromatic heterocycles. The fraction of sp³-hybridized carbons (Fsp3) is 0.474. The van der Waals surface area contributed by atoms with Gasteiger partial charge in [-0.05, 0) is 44.6 Å². The molecular formula is C19H26N4O2. The van der Waals surface area contributed by atoms with Crippen molar-refractivity contribution >= 4 is 5.91 Å². The van der Waals surface area contributed by atoms with Crippen LogP contribution < -0.4 is 0 Å². The van der Waals surface area contributed by atoms with Crippen molar-refractivity contribution in [1.29, 1.82) is 0 Å². The second-order valence-electron chi connectivity index (χ2n) is 6.95. The Bertz CT molecular complexity index is 682. The van der Waals surface area contributed by atoms with Crippen molar-refractivity contribution in [2.75, 3.05) is 27.2 Å². The highest BCUT2D eigenvalue weighted by Crippen LogP contribution is 2.24. The molecule has 0 radical (unpaired) electrons. The lowest BCUT2D eigenvalue weighted by molar-refractivity contribution is 0.0751. The zero-order chi connectivity index (χ0) is 17.8. The van der Waals surface area contributed by atoms with E-state index in [1.807, 2.05) is 54.0 Å². The van der Waals surface area contributed by atoms with E-state index in [2.05, 4.69) is 9.88 Å². The lowest BCUT2D eigenvalue weighted by Crippen LogP contribution is -2.32. The van der Waals surface area contributed by atoms with Crippen molar-refractivity contribution in [3.8, 4) is 0 Å². The Kier molecular flexibility index (Phi) is 5.50. The Balaban J connectivity index is 1.66. The first-order valence-electron chi connectivity index (χ1n) is 8.73. The van der Waals surface area contributed by atoms with Crippen LogP contribution in [0.3, 0.4) is 0 Å². The van der Waals surface area contributed by atoms with Crippen LogP contribution in [0.15, 0.2) is 43.0 Å². The van der Waals surface area contributed by atoms with Gasteiger partial charge in [-0.1, -0.05) is 12.1 Å². The van der Waals surface area contributed by atoms with Gasteiger partial charge in [0.2, 0.25) is 0 Å². The molecule has 2 heterocycles. The summed E-state index contributed by atoms with van der Waals surface area (Å²) in [4.78, 5) is 20.8. The van der Waals surface area contributed by atoms with E-state index < -0.39 is 6.10 Å². The molecule has 2 aromatic rings. The quantitative estimate of drug-likeness (QED) is 0.920. The van der Waals surface area contributed by atoms with Gasteiger partial charge in [-0.2, -0.15) is 0 Å². The number of carbonyl (C=O) groups is 1. The number of carbonyl (C=O) groups excluding carboxylic acids is 1. The van der Waals surface area contributed by atoms with E-state index in [1.165, 1.54) is 5.56 Å². The van der Waals surface area contributed by atoms with Crippen LogP contribution in [0, 0.1) is 0 Å². The van der Waals surface area contributed by atoms with Crippen molar-refractivity contribution in [3.63, 3.8) is 0 Å². The highest BCUT2D eigenvalue weighted by atomic mass is 16.3. The van der Waals surface area contributed by atoms with E-state index in [4.69, 9.17) is 0 Å². The minimum atomic E-state index is -0.463. The normalized spacial score (nSPS) is 21.4. The Morgan fingerprint density at radius 1 is 1.24 bits per heavy atom. The number of imidazole rings is 1. The van der Waals surface area contributed by atoms with E-state index in [9.17, 15) is 9.90 Å². The first-order chi connectivity index (χ1) is 12.0. The van der Waals surface area contributed by atoms with E-state index in [0.717, 1.165) is 13.0 Å². The van der Waals surface area contributed by atoms with E-state index in [-0.39, 0.29) is 11.9 Å². The van der Waals surface area contributed by atoms with Crippen molar-refractivity contribution in [2.45, 2.75) is 31.5 Å². The summed E-state index contributed by atoms with van der Waals surface area (Å²) in [7, 11) is 4.05. The molecule has 6 nitrogen and oxygen atoms in total. The SMILES string of the molecule is CN(C)Cc1ccc(C(=O)N2CC[C@H](O)[C@@H](n3ccnc3)CC2)cc1. The van der Waals surface area contributed by atoms with Crippen LogP contribution in [0.5, 0.6) is 0 Å².